The van der Waals surface area contributed by atoms with Crippen molar-refractivity contribution in [2.24, 2.45) is 5.92 Å². The second-order valence-corrected chi connectivity index (χ2v) is 5.68. The van der Waals surface area contributed by atoms with Gasteiger partial charge >= 0.3 is 0 Å². The van der Waals surface area contributed by atoms with Crippen LogP contribution in [0.2, 0.25) is 0 Å². The van der Waals surface area contributed by atoms with Crippen LogP contribution in [-0.2, 0) is 0 Å². The van der Waals surface area contributed by atoms with Crippen LogP contribution in [-0.4, -0.2) is 19.4 Å². The normalized spacial score (nSPS) is 33.4. The Kier molecular flexibility index (Phi) is 2.47. The van der Waals surface area contributed by atoms with Gasteiger partial charge < -0.3 is 14.8 Å². The zero-order valence-corrected chi connectivity index (χ0v) is 10.5. The van der Waals surface area contributed by atoms with E-state index in [2.05, 4.69) is 23.5 Å². The maximum absolute atomic E-state index is 5.50. The summed E-state index contributed by atoms with van der Waals surface area (Å²) in [4.78, 5) is 0. The number of rotatable bonds is 1. The fraction of sp³-hybridized carbons (Fsp3) is 0.600. The summed E-state index contributed by atoms with van der Waals surface area (Å²) < 4.78 is 10.9. The van der Waals surface area contributed by atoms with Gasteiger partial charge in [0.25, 0.3) is 0 Å². The molecule has 18 heavy (non-hydrogen) atoms. The molecule has 0 spiro atoms. The van der Waals surface area contributed by atoms with Gasteiger partial charge in [0.2, 0.25) is 6.79 Å². The molecule has 0 radical (unpaired) electrons. The zero-order chi connectivity index (χ0) is 11.9. The zero-order valence-electron chi connectivity index (χ0n) is 10.5. The molecule has 3 heteroatoms. The van der Waals surface area contributed by atoms with Crippen molar-refractivity contribution < 1.29 is 9.47 Å². The minimum atomic E-state index is 0.369. The molecule has 0 aromatic heterocycles. The number of hydrogen-bond donors (Lipinski definition) is 1. The molecule has 1 saturated heterocycles. The average Bonchev–Trinajstić information content (AvgIpc) is 3.05. The van der Waals surface area contributed by atoms with Gasteiger partial charge in [-0.25, -0.2) is 0 Å². The van der Waals surface area contributed by atoms with Crippen LogP contribution in [0.5, 0.6) is 11.5 Å². The van der Waals surface area contributed by atoms with E-state index in [1.54, 1.807) is 0 Å². The van der Waals surface area contributed by atoms with E-state index in [9.17, 15) is 0 Å². The number of benzene rings is 1. The van der Waals surface area contributed by atoms with Crippen LogP contribution in [0.15, 0.2) is 18.2 Å². The van der Waals surface area contributed by atoms with E-state index >= 15 is 0 Å². The molecule has 0 unspecified atom stereocenters. The molecule has 0 bridgehead atoms. The average molecular weight is 245 g/mol. The third kappa shape index (κ3) is 1.61. The first-order chi connectivity index (χ1) is 8.92. The number of fused-ring (bicyclic) bond motifs is 2. The summed E-state index contributed by atoms with van der Waals surface area (Å²) in [7, 11) is 0. The second kappa shape index (κ2) is 4.16. The molecule has 1 aromatic rings. The molecule has 3 nitrogen and oxygen atoms in total. The first kappa shape index (κ1) is 10.7. The van der Waals surface area contributed by atoms with Gasteiger partial charge in [0.1, 0.15) is 0 Å². The van der Waals surface area contributed by atoms with E-state index in [1.165, 1.54) is 37.8 Å². The van der Waals surface area contributed by atoms with Crippen LogP contribution in [0.3, 0.4) is 0 Å². The summed E-state index contributed by atoms with van der Waals surface area (Å²) in [5.74, 6) is 3.35. The summed E-state index contributed by atoms with van der Waals surface area (Å²) in [6.07, 6.45) is 5.42. The van der Waals surface area contributed by atoms with E-state index < -0.39 is 0 Å². The lowest BCUT2D eigenvalue weighted by Gasteiger charge is -2.34. The van der Waals surface area contributed by atoms with Crippen molar-refractivity contribution in [3.8, 4) is 11.5 Å². The van der Waals surface area contributed by atoms with Crippen LogP contribution in [0.25, 0.3) is 0 Å². The van der Waals surface area contributed by atoms with E-state index in [4.69, 9.17) is 9.47 Å². The van der Waals surface area contributed by atoms with Crippen molar-refractivity contribution in [3.05, 3.63) is 23.8 Å². The molecule has 0 amide bonds. The highest BCUT2D eigenvalue weighted by Crippen LogP contribution is 2.43. The molecule has 2 aliphatic heterocycles. The Morgan fingerprint density at radius 2 is 2.00 bits per heavy atom. The molecular formula is C15H19NO2. The highest BCUT2D eigenvalue weighted by molar-refractivity contribution is 5.45. The number of nitrogens with one attached hydrogen (secondary N) is 1. The van der Waals surface area contributed by atoms with Gasteiger partial charge in [0, 0.05) is 6.04 Å². The van der Waals surface area contributed by atoms with Gasteiger partial charge in [0.05, 0.1) is 0 Å². The lowest BCUT2D eigenvalue weighted by Crippen LogP contribution is -2.36. The molecule has 96 valence electrons. The maximum atomic E-state index is 5.50. The van der Waals surface area contributed by atoms with Crippen LogP contribution >= 0.6 is 0 Å². The second-order valence-electron chi connectivity index (χ2n) is 5.68. The predicted molar refractivity (Wildman–Crippen MR) is 69.1 cm³/mol. The third-order valence-corrected chi connectivity index (χ3v) is 4.75. The molecule has 1 N–H and O–H groups in total. The number of ether oxygens (including phenoxy) is 2. The molecule has 1 aliphatic carbocycles. The van der Waals surface area contributed by atoms with Crippen LogP contribution < -0.4 is 14.8 Å². The summed E-state index contributed by atoms with van der Waals surface area (Å²) in [6, 6.07) is 7.16. The smallest absolute Gasteiger partial charge is 0.231 e. The summed E-state index contributed by atoms with van der Waals surface area (Å²) in [5.41, 5.74) is 1.42. The fourth-order valence-corrected chi connectivity index (χ4v) is 3.87. The summed E-state index contributed by atoms with van der Waals surface area (Å²) >= 11 is 0. The SMILES string of the molecule is c1cc2c(cc1[C@@H]1CCC[C@@H]3CCN[C@@H]31)OCO2. The van der Waals surface area contributed by atoms with Gasteiger partial charge in [0.15, 0.2) is 11.5 Å². The number of hydrogen-bond acceptors (Lipinski definition) is 3. The van der Waals surface area contributed by atoms with E-state index in [0.29, 0.717) is 18.8 Å². The molecule has 3 aliphatic rings. The maximum Gasteiger partial charge on any atom is 0.231 e. The van der Waals surface area contributed by atoms with Gasteiger partial charge in [-0.05, 0) is 55.3 Å². The van der Waals surface area contributed by atoms with Gasteiger partial charge in [-0.1, -0.05) is 12.5 Å². The molecule has 4 rings (SSSR count). The molecule has 1 aromatic carbocycles. The van der Waals surface area contributed by atoms with Gasteiger partial charge in [-0.15, -0.1) is 0 Å². The molecular weight excluding hydrogens is 226 g/mol. The summed E-state index contributed by atoms with van der Waals surface area (Å²) in [5, 5.41) is 3.70. The minimum absolute atomic E-state index is 0.369. The minimum Gasteiger partial charge on any atom is -0.454 e. The Bertz CT molecular complexity index is 460. The highest BCUT2D eigenvalue weighted by atomic mass is 16.7. The van der Waals surface area contributed by atoms with Crippen molar-refractivity contribution in [2.75, 3.05) is 13.3 Å². The summed E-state index contributed by atoms with van der Waals surface area (Å²) in [6.45, 7) is 1.56. The van der Waals surface area contributed by atoms with Crippen molar-refractivity contribution in [1.29, 1.82) is 0 Å². The first-order valence-corrected chi connectivity index (χ1v) is 7.05. The third-order valence-electron chi connectivity index (χ3n) is 4.75. The quantitative estimate of drug-likeness (QED) is 0.825. The Balaban J connectivity index is 1.65. The van der Waals surface area contributed by atoms with Crippen molar-refractivity contribution in [1.82, 2.24) is 5.32 Å². The molecule has 2 fully saturated rings. The van der Waals surface area contributed by atoms with Crippen LogP contribution in [0.1, 0.15) is 37.2 Å². The molecule has 3 atom stereocenters. The van der Waals surface area contributed by atoms with Gasteiger partial charge in [-0.3, -0.25) is 0 Å². The Hall–Kier alpha value is -1.22. The van der Waals surface area contributed by atoms with Gasteiger partial charge in [-0.2, -0.15) is 0 Å². The van der Waals surface area contributed by atoms with E-state index in [0.717, 1.165) is 17.4 Å². The lowest BCUT2D eigenvalue weighted by molar-refractivity contribution is 0.174. The van der Waals surface area contributed by atoms with Crippen LogP contribution in [0.4, 0.5) is 0 Å². The molecule has 1 saturated carbocycles. The standard InChI is InChI=1S/C15H19NO2/c1-2-10-6-7-16-15(10)12(3-1)11-4-5-13-14(8-11)18-9-17-13/h4-5,8,10,12,15-16H,1-3,6-7,9H2/t10-,12+,15+/m1/s1. The van der Waals surface area contributed by atoms with E-state index in [1.807, 2.05) is 0 Å². The first-order valence-electron chi connectivity index (χ1n) is 7.05. The Morgan fingerprint density at radius 1 is 1.06 bits per heavy atom. The van der Waals surface area contributed by atoms with E-state index in [-0.39, 0.29) is 0 Å². The lowest BCUT2D eigenvalue weighted by atomic mass is 9.74. The largest absolute Gasteiger partial charge is 0.454 e. The molecule has 2 heterocycles. The Morgan fingerprint density at radius 3 is 3.00 bits per heavy atom. The topological polar surface area (TPSA) is 30.5 Å². The van der Waals surface area contributed by atoms with Crippen molar-refractivity contribution in [2.45, 2.75) is 37.6 Å². The Labute approximate surface area is 107 Å². The predicted octanol–water partition coefficient (Wildman–Crippen LogP) is 2.66. The monoisotopic (exact) mass is 245 g/mol. The van der Waals surface area contributed by atoms with Crippen molar-refractivity contribution in [3.63, 3.8) is 0 Å². The fourth-order valence-electron chi connectivity index (χ4n) is 3.87. The highest BCUT2D eigenvalue weighted by Gasteiger charge is 2.37. The van der Waals surface area contributed by atoms with Crippen molar-refractivity contribution >= 4 is 0 Å². The van der Waals surface area contributed by atoms with Crippen LogP contribution in [0, 0.1) is 5.92 Å².